The number of esters is 2. The molecule has 1 rings (SSSR count). The van der Waals surface area contributed by atoms with Crippen molar-refractivity contribution in [2.45, 2.75) is 197 Å². The minimum absolute atomic E-state index is 0.00262. The van der Waals surface area contributed by atoms with Gasteiger partial charge in [0.15, 0.2) is 6.10 Å². The third-order valence-corrected chi connectivity index (χ3v) is 11.9. The lowest BCUT2D eigenvalue weighted by molar-refractivity contribution is -0.216. The minimum atomic E-state index is -5.40. The molecule has 19 nitrogen and oxygen atoms in total. The van der Waals surface area contributed by atoms with Gasteiger partial charge in [0, 0.05) is 12.8 Å². The van der Waals surface area contributed by atoms with E-state index in [1.54, 1.807) is 36.5 Å². The molecule has 0 heterocycles. The molecule has 382 valence electrons. The molecule has 5 unspecified atom stereocenters. The number of hydrogen-bond donors (Lipinski definition) is 10. The highest BCUT2D eigenvalue weighted by molar-refractivity contribution is 7.47. The van der Waals surface area contributed by atoms with Crippen LogP contribution in [0.1, 0.15) is 136 Å². The van der Waals surface area contributed by atoms with Crippen molar-refractivity contribution in [3.05, 3.63) is 60.8 Å². The van der Waals surface area contributed by atoms with Crippen molar-refractivity contribution in [3.63, 3.8) is 0 Å². The largest absolute Gasteiger partial charge is 0.472 e. The minimum Gasteiger partial charge on any atom is -0.462 e. The van der Waals surface area contributed by atoms with Crippen LogP contribution in [0.2, 0.25) is 0 Å². The number of allylic oxidation sites excluding steroid dienone is 8. The van der Waals surface area contributed by atoms with Gasteiger partial charge in [-0.1, -0.05) is 132 Å². The lowest BCUT2D eigenvalue weighted by Gasteiger charge is -2.43. The molecule has 0 aliphatic heterocycles. The molecular weight excluding hydrogens is 906 g/mol. The van der Waals surface area contributed by atoms with Crippen LogP contribution in [0.3, 0.4) is 0 Å². The van der Waals surface area contributed by atoms with Crippen LogP contribution in [0.25, 0.3) is 0 Å². The monoisotopic (exact) mass is 984 g/mol. The topological polar surface area (TPSA) is 317 Å². The molecule has 0 saturated heterocycles. The van der Waals surface area contributed by atoms with Crippen molar-refractivity contribution in [1.82, 2.24) is 0 Å². The predicted octanol–water partition coefficient (Wildman–Crippen LogP) is 5.19. The van der Waals surface area contributed by atoms with Crippen LogP contribution in [-0.2, 0) is 41.8 Å². The molecule has 1 fully saturated rings. The van der Waals surface area contributed by atoms with Gasteiger partial charge in [-0.25, -0.2) is 9.13 Å². The van der Waals surface area contributed by atoms with Crippen LogP contribution >= 0.6 is 15.6 Å². The number of aliphatic hydroxyl groups is 7. The first-order chi connectivity index (χ1) is 31.3. The van der Waals surface area contributed by atoms with Crippen LogP contribution in [0.5, 0.6) is 0 Å². The second-order valence-electron chi connectivity index (χ2n) is 16.3. The zero-order valence-corrected chi connectivity index (χ0v) is 40.2. The van der Waals surface area contributed by atoms with Crippen molar-refractivity contribution in [2.75, 3.05) is 13.2 Å². The van der Waals surface area contributed by atoms with Gasteiger partial charge < -0.3 is 59.9 Å². The van der Waals surface area contributed by atoms with E-state index in [4.69, 9.17) is 28.3 Å². The Labute approximate surface area is 389 Å². The first kappa shape index (κ1) is 61.6. The van der Waals surface area contributed by atoms with Crippen LogP contribution in [0.15, 0.2) is 60.8 Å². The predicted molar refractivity (Wildman–Crippen MR) is 245 cm³/mol. The third kappa shape index (κ3) is 29.5. The van der Waals surface area contributed by atoms with E-state index in [2.05, 4.69) is 30.5 Å². The Balaban J connectivity index is 2.76. The Morgan fingerprint density at radius 2 is 1.11 bits per heavy atom. The number of carbonyl (C=O) groups excluding carboxylic acids is 2. The average molecular weight is 985 g/mol. The van der Waals surface area contributed by atoms with E-state index in [0.717, 1.165) is 57.8 Å². The molecule has 21 heteroatoms. The fourth-order valence-electron chi connectivity index (χ4n) is 6.64. The summed E-state index contributed by atoms with van der Waals surface area (Å²) in [5, 5.41) is 71.8. The summed E-state index contributed by atoms with van der Waals surface area (Å²) in [5.74, 6) is -1.55. The number of carbonyl (C=O) groups is 2. The zero-order chi connectivity index (χ0) is 49.4. The quantitative estimate of drug-likeness (QED) is 0.0126. The van der Waals surface area contributed by atoms with Gasteiger partial charge in [0.25, 0.3) is 0 Å². The number of ether oxygens (including phenoxy) is 2. The fraction of sp³-hybridized carbons (Fsp3) is 0.733. The van der Waals surface area contributed by atoms with E-state index in [-0.39, 0.29) is 25.7 Å². The van der Waals surface area contributed by atoms with E-state index >= 15 is 0 Å². The van der Waals surface area contributed by atoms with Gasteiger partial charge in [0.05, 0.1) is 24.9 Å². The van der Waals surface area contributed by atoms with Crippen LogP contribution in [0.4, 0.5) is 0 Å². The Bertz CT molecular complexity index is 1560. The summed E-state index contributed by atoms with van der Waals surface area (Å²) in [6, 6.07) is 0. The van der Waals surface area contributed by atoms with Crippen molar-refractivity contribution in [2.24, 2.45) is 0 Å². The molecule has 0 bridgehead atoms. The maximum absolute atomic E-state index is 13.0. The van der Waals surface area contributed by atoms with Gasteiger partial charge in [-0.2, -0.15) is 0 Å². The Hall–Kier alpha value is -2.42. The summed E-state index contributed by atoms with van der Waals surface area (Å²) in [6.45, 7) is 2.67. The van der Waals surface area contributed by atoms with Crippen LogP contribution in [0, 0.1) is 0 Å². The molecule has 0 amide bonds. The Kier molecular flexibility index (Phi) is 33.3. The number of phosphoric ester groups is 2. The molecule has 1 aliphatic rings. The molecule has 11 atom stereocenters. The highest BCUT2D eigenvalue weighted by atomic mass is 31.2. The molecule has 1 saturated carbocycles. The summed E-state index contributed by atoms with van der Waals surface area (Å²) in [6.07, 6.45) is 13.9. The summed E-state index contributed by atoms with van der Waals surface area (Å²) < 4.78 is 49.0. The number of aliphatic hydroxyl groups excluding tert-OH is 7. The highest BCUT2D eigenvalue weighted by Gasteiger charge is 2.54. The summed E-state index contributed by atoms with van der Waals surface area (Å²) in [5.41, 5.74) is 0. The molecule has 10 N–H and O–H groups in total. The number of hydrogen-bond acceptors (Lipinski definition) is 16. The van der Waals surface area contributed by atoms with E-state index in [9.17, 15) is 59.4 Å². The molecule has 0 spiro atoms. The van der Waals surface area contributed by atoms with Gasteiger partial charge >= 0.3 is 27.6 Å². The lowest BCUT2D eigenvalue weighted by Crippen LogP contribution is -2.64. The standard InChI is InChI=1S/C45H78O19P2/c1-3-5-7-8-9-10-11-12-13-14-15-20-24-30-39(50)62-35(33-61-66(58,59)64-45-42(53)40(51)41(52)44(43(45)54)63-65(55,56)57)32-60-38(49)31-25-29-37(48)36(47)28-23-19-17-16-18-22-27-34(46)26-21-6-4-2/h10-11,16-19,22-23,27-28,34-37,40-48,51-54H,3-9,12-15,20-21,24-26,29-33H2,1-2H3,(H,58,59)(H2,55,56,57)/b11-10-,18-16-,19-17+,27-22+,28-23+/t34-,35-,36-,37-,40?,41?,42?,43?,44-,45+/m1/s1. The van der Waals surface area contributed by atoms with E-state index in [0.29, 0.717) is 12.8 Å². The average Bonchev–Trinajstić information content (AvgIpc) is 3.26. The molecule has 1 aliphatic carbocycles. The van der Waals surface area contributed by atoms with Gasteiger partial charge in [-0.15, -0.1) is 0 Å². The summed E-state index contributed by atoms with van der Waals surface area (Å²) >= 11 is 0. The van der Waals surface area contributed by atoms with Crippen LogP contribution < -0.4 is 0 Å². The van der Waals surface area contributed by atoms with Gasteiger partial charge in [0.1, 0.15) is 43.2 Å². The maximum atomic E-state index is 13.0. The molecular formula is C45H78O19P2. The Morgan fingerprint density at radius 1 is 0.576 bits per heavy atom. The second kappa shape index (κ2) is 35.7. The first-order valence-corrected chi connectivity index (χ1v) is 26.2. The lowest BCUT2D eigenvalue weighted by atomic mass is 9.85. The molecule has 66 heavy (non-hydrogen) atoms. The van der Waals surface area contributed by atoms with Gasteiger partial charge in [0.2, 0.25) is 0 Å². The van der Waals surface area contributed by atoms with Crippen LogP contribution in [-0.4, -0.2) is 137 Å². The fourth-order valence-corrected chi connectivity index (χ4v) is 8.18. The van der Waals surface area contributed by atoms with Crippen molar-refractivity contribution >= 4 is 27.6 Å². The van der Waals surface area contributed by atoms with Gasteiger partial charge in [-0.05, 0) is 51.4 Å². The molecule has 0 aromatic rings. The maximum Gasteiger partial charge on any atom is 0.472 e. The normalized spacial score (nSPS) is 23.5. The van der Waals surface area contributed by atoms with Crippen molar-refractivity contribution < 1.29 is 92.2 Å². The molecule has 0 radical (unpaired) electrons. The van der Waals surface area contributed by atoms with Crippen molar-refractivity contribution in [1.29, 1.82) is 0 Å². The van der Waals surface area contributed by atoms with Gasteiger partial charge in [-0.3, -0.25) is 23.2 Å². The SMILES string of the molecule is CCCCCC/C=C\CCCCCCCC(=O)O[C@H](COC(=O)CCC[C@@H](O)[C@H](O)/C=C/C=C/C=C\C=C\[C@H](O)CCCCC)COP(=O)(O)O[C@H]1C(O)C(O)C(O)[C@@H](OP(=O)(O)O)C1O. The van der Waals surface area contributed by atoms with E-state index in [1.807, 2.05) is 0 Å². The Morgan fingerprint density at radius 3 is 1.73 bits per heavy atom. The summed E-state index contributed by atoms with van der Waals surface area (Å²) in [4.78, 5) is 54.2. The number of unbranched alkanes of at least 4 members (excludes halogenated alkanes) is 11. The molecule has 0 aromatic heterocycles. The highest BCUT2D eigenvalue weighted by Crippen LogP contribution is 2.49. The smallest absolute Gasteiger partial charge is 0.462 e. The summed E-state index contributed by atoms with van der Waals surface area (Å²) in [7, 11) is -10.8. The van der Waals surface area contributed by atoms with E-state index in [1.165, 1.54) is 37.8 Å². The third-order valence-electron chi connectivity index (χ3n) is 10.4. The number of rotatable bonds is 37. The molecule has 0 aromatic carbocycles. The second-order valence-corrected chi connectivity index (χ2v) is 18.9. The van der Waals surface area contributed by atoms with E-state index < -0.39 is 102 Å². The first-order valence-electron chi connectivity index (χ1n) is 23.2. The zero-order valence-electron chi connectivity index (χ0n) is 38.4. The van der Waals surface area contributed by atoms with Crippen molar-refractivity contribution in [3.8, 4) is 0 Å². The number of phosphoric acid groups is 2.